The molecule has 1 atom stereocenters. The van der Waals surface area contributed by atoms with Crippen molar-refractivity contribution in [1.82, 2.24) is 5.32 Å². The highest BCUT2D eigenvalue weighted by molar-refractivity contribution is 5.99. The number of carbonyl (C=O) groups excluding carboxylic acids is 1. The fraction of sp³-hybridized carbons (Fsp3) is 0.385. The molecular formula is C13H17NO3. The molecule has 0 bridgehead atoms. The Bertz CT molecular complexity index is 420. The van der Waals surface area contributed by atoms with E-state index in [9.17, 15) is 9.59 Å². The third kappa shape index (κ3) is 3.06. The molecule has 0 saturated carbocycles. The number of rotatable bonds is 4. The lowest BCUT2D eigenvalue weighted by atomic mass is 10.0. The third-order valence-electron chi connectivity index (χ3n) is 2.72. The maximum atomic E-state index is 12.0. The van der Waals surface area contributed by atoms with Crippen molar-refractivity contribution < 1.29 is 14.7 Å². The van der Waals surface area contributed by atoms with Gasteiger partial charge in [0, 0.05) is 5.56 Å². The molecule has 1 rings (SSSR count). The number of hydrogen-bond acceptors (Lipinski definition) is 2. The molecule has 2 N–H and O–H groups in total. The van der Waals surface area contributed by atoms with Gasteiger partial charge in [-0.25, -0.2) is 4.79 Å². The van der Waals surface area contributed by atoms with E-state index >= 15 is 0 Å². The Morgan fingerprint density at radius 2 is 1.82 bits per heavy atom. The molecule has 92 valence electrons. The molecule has 1 aromatic rings. The quantitative estimate of drug-likeness (QED) is 0.837. The lowest BCUT2D eigenvalue weighted by Gasteiger charge is -2.14. The van der Waals surface area contributed by atoms with Gasteiger partial charge in [0.1, 0.15) is 6.04 Å². The number of carboxylic acid groups (broad SMARTS) is 1. The van der Waals surface area contributed by atoms with Crippen LogP contribution in [0.4, 0.5) is 0 Å². The summed E-state index contributed by atoms with van der Waals surface area (Å²) >= 11 is 0. The fourth-order valence-electron chi connectivity index (χ4n) is 1.74. The number of amides is 1. The van der Waals surface area contributed by atoms with Gasteiger partial charge in [-0.05, 0) is 31.4 Å². The molecule has 4 nitrogen and oxygen atoms in total. The highest BCUT2D eigenvalue weighted by Crippen LogP contribution is 2.13. The Balaban J connectivity index is 2.94. The van der Waals surface area contributed by atoms with Crippen LogP contribution in [0.15, 0.2) is 18.2 Å². The van der Waals surface area contributed by atoms with Gasteiger partial charge in [-0.15, -0.1) is 0 Å². The molecular weight excluding hydrogens is 218 g/mol. The summed E-state index contributed by atoms with van der Waals surface area (Å²) in [5.41, 5.74) is 2.26. The van der Waals surface area contributed by atoms with E-state index in [1.54, 1.807) is 6.92 Å². The summed E-state index contributed by atoms with van der Waals surface area (Å²) in [5, 5.41) is 11.4. The van der Waals surface area contributed by atoms with E-state index in [1.165, 1.54) is 0 Å². The topological polar surface area (TPSA) is 66.4 Å². The van der Waals surface area contributed by atoms with Gasteiger partial charge in [0.2, 0.25) is 0 Å². The van der Waals surface area contributed by atoms with Crippen LogP contribution < -0.4 is 5.32 Å². The van der Waals surface area contributed by atoms with E-state index in [1.807, 2.05) is 32.0 Å². The summed E-state index contributed by atoms with van der Waals surface area (Å²) in [5.74, 6) is -1.33. The van der Waals surface area contributed by atoms with Crippen LogP contribution >= 0.6 is 0 Å². The molecule has 0 aliphatic heterocycles. The molecule has 4 heteroatoms. The minimum atomic E-state index is -1.01. The molecule has 0 aliphatic carbocycles. The maximum absolute atomic E-state index is 12.0. The second-order valence-corrected chi connectivity index (χ2v) is 4.04. The summed E-state index contributed by atoms with van der Waals surface area (Å²) in [6, 6.07) is 4.71. The second-order valence-electron chi connectivity index (χ2n) is 4.04. The Morgan fingerprint density at radius 3 is 2.24 bits per heavy atom. The average Bonchev–Trinajstić information content (AvgIpc) is 2.25. The highest BCUT2D eigenvalue weighted by atomic mass is 16.4. The number of carbonyl (C=O) groups is 2. The van der Waals surface area contributed by atoms with Crippen molar-refractivity contribution in [3.8, 4) is 0 Å². The lowest BCUT2D eigenvalue weighted by molar-refractivity contribution is -0.139. The molecule has 1 aromatic carbocycles. The lowest BCUT2D eigenvalue weighted by Crippen LogP contribution is -2.40. The van der Waals surface area contributed by atoms with Gasteiger partial charge in [0.25, 0.3) is 5.91 Å². The van der Waals surface area contributed by atoms with E-state index in [0.717, 1.165) is 11.1 Å². The number of nitrogens with one attached hydrogen (secondary N) is 1. The summed E-state index contributed by atoms with van der Waals surface area (Å²) in [7, 11) is 0. The predicted molar refractivity (Wildman–Crippen MR) is 65.1 cm³/mol. The third-order valence-corrected chi connectivity index (χ3v) is 2.72. The molecule has 0 radical (unpaired) electrons. The molecule has 17 heavy (non-hydrogen) atoms. The normalized spacial score (nSPS) is 11.9. The first kappa shape index (κ1) is 13.2. The summed E-state index contributed by atoms with van der Waals surface area (Å²) in [4.78, 5) is 22.8. The number of aryl methyl sites for hydroxylation is 2. The molecule has 0 heterocycles. The Labute approximate surface area is 101 Å². The van der Waals surface area contributed by atoms with Crippen LogP contribution in [-0.2, 0) is 4.79 Å². The number of aliphatic carboxylic acids is 1. The molecule has 0 aliphatic rings. The Kier molecular flexibility index (Phi) is 4.26. The first-order chi connectivity index (χ1) is 7.97. The fourth-order valence-corrected chi connectivity index (χ4v) is 1.74. The van der Waals surface area contributed by atoms with Gasteiger partial charge < -0.3 is 10.4 Å². The Morgan fingerprint density at radius 1 is 1.29 bits per heavy atom. The molecule has 1 amide bonds. The highest BCUT2D eigenvalue weighted by Gasteiger charge is 2.20. The maximum Gasteiger partial charge on any atom is 0.326 e. The number of benzene rings is 1. The number of carboxylic acids is 1. The van der Waals surface area contributed by atoms with Crippen LogP contribution in [0.25, 0.3) is 0 Å². The second kappa shape index (κ2) is 5.48. The molecule has 0 aromatic heterocycles. The monoisotopic (exact) mass is 235 g/mol. The smallest absolute Gasteiger partial charge is 0.326 e. The zero-order chi connectivity index (χ0) is 13.0. The van der Waals surface area contributed by atoms with Crippen molar-refractivity contribution in [1.29, 1.82) is 0 Å². The van der Waals surface area contributed by atoms with Gasteiger partial charge in [0.05, 0.1) is 0 Å². The van der Waals surface area contributed by atoms with Crippen molar-refractivity contribution in [2.75, 3.05) is 0 Å². The van der Waals surface area contributed by atoms with Gasteiger partial charge in [-0.2, -0.15) is 0 Å². The molecule has 0 fully saturated rings. The van der Waals surface area contributed by atoms with Crippen LogP contribution in [0.2, 0.25) is 0 Å². The largest absolute Gasteiger partial charge is 0.480 e. The zero-order valence-corrected chi connectivity index (χ0v) is 10.3. The zero-order valence-electron chi connectivity index (χ0n) is 10.3. The summed E-state index contributed by atoms with van der Waals surface area (Å²) < 4.78 is 0. The van der Waals surface area contributed by atoms with Gasteiger partial charge in [-0.3, -0.25) is 4.79 Å². The van der Waals surface area contributed by atoms with E-state index in [2.05, 4.69) is 5.32 Å². The molecule has 0 spiro atoms. The summed E-state index contributed by atoms with van der Waals surface area (Å²) in [6.07, 6.45) is 0.367. The van der Waals surface area contributed by atoms with Crippen molar-refractivity contribution in [3.05, 3.63) is 34.9 Å². The van der Waals surface area contributed by atoms with Crippen molar-refractivity contribution in [2.24, 2.45) is 0 Å². The van der Waals surface area contributed by atoms with E-state index < -0.39 is 12.0 Å². The van der Waals surface area contributed by atoms with Crippen LogP contribution in [0, 0.1) is 13.8 Å². The van der Waals surface area contributed by atoms with E-state index in [0.29, 0.717) is 12.0 Å². The van der Waals surface area contributed by atoms with Crippen LogP contribution in [-0.4, -0.2) is 23.0 Å². The van der Waals surface area contributed by atoms with Crippen LogP contribution in [0.5, 0.6) is 0 Å². The van der Waals surface area contributed by atoms with Crippen molar-refractivity contribution >= 4 is 11.9 Å². The van der Waals surface area contributed by atoms with Crippen LogP contribution in [0.1, 0.15) is 34.8 Å². The van der Waals surface area contributed by atoms with Gasteiger partial charge in [0.15, 0.2) is 0 Å². The minimum Gasteiger partial charge on any atom is -0.480 e. The van der Waals surface area contributed by atoms with Crippen LogP contribution in [0.3, 0.4) is 0 Å². The van der Waals surface area contributed by atoms with Gasteiger partial charge in [-0.1, -0.05) is 25.1 Å². The molecule has 0 saturated heterocycles. The predicted octanol–water partition coefficient (Wildman–Crippen LogP) is 1.90. The van der Waals surface area contributed by atoms with Crippen molar-refractivity contribution in [2.45, 2.75) is 33.2 Å². The van der Waals surface area contributed by atoms with E-state index in [4.69, 9.17) is 5.11 Å². The summed E-state index contributed by atoms with van der Waals surface area (Å²) in [6.45, 7) is 5.40. The van der Waals surface area contributed by atoms with E-state index in [-0.39, 0.29) is 5.91 Å². The Hall–Kier alpha value is -1.84. The average molecular weight is 235 g/mol. The first-order valence-electron chi connectivity index (χ1n) is 5.57. The van der Waals surface area contributed by atoms with Crippen molar-refractivity contribution in [3.63, 3.8) is 0 Å². The SMILES string of the molecule is CCC(NC(=O)c1c(C)cccc1C)C(=O)O. The molecule has 1 unspecified atom stereocenters. The minimum absolute atomic E-state index is 0.324. The standard InChI is InChI=1S/C13H17NO3/c1-4-10(13(16)17)14-12(15)11-8(2)6-5-7-9(11)3/h5-7,10H,4H2,1-3H3,(H,14,15)(H,16,17). The first-order valence-corrected chi connectivity index (χ1v) is 5.57. The number of hydrogen-bond donors (Lipinski definition) is 2. The van der Waals surface area contributed by atoms with Gasteiger partial charge >= 0.3 is 5.97 Å².